The van der Waals surface area contributed by atoms with Crippen molar-refractivity contribution in [3.05, 3.63) is 0 Å². The van der Waals surface area contributed by atoms with E-state index in [4.69, 9.17) is 5.11 Å². The van der Waals surface area contributed by atoms with Crippen molar-refractivity contribution < 1.29 is 26.7 Å². The Kier molecular flexibility index (Phi) is 3.65. The molecule has 1 aliphatic carbocycles. The third-order valence-electron chi connectivity index (χ3n) is 3.89. The Hall–Kier alpha value is -0.670. The standard InChI is InChI=1S/C10H17NO6S2/c12-9(13)10(4-1-5-10)11-19(16,17)8-2-6-18(14,15)7-3-8/h8,11H,1-7H2,(H,12,13). The molecule has 2 fully saturated rings. The lowest BCUT2D eigenvalue weighted by molar-refractivity contribution is -0.147. The number of aliphatic carboxylic acids is 1. The molecule has 0 atom stereocenters. The molecule has 0 unspecified atom stereocenters. The van der Waals surface area contributed by atoms with Crippen molar-refractivity contribution in [1.29, 1.82) is 0 Å². The molecule has 0 bridgehead atoms. The van der Waals surface area contributed by atoms with Gasteiger partial charge in [0.1, 0.15) is 15.4 Å². The van der Waals surface area contributed by atoms with Crippen molar-refractivity contribution in [1.82, 2.24) is 4.72 Å². The maximum absolute atomic E-state index is 12.1. The fourth-order valence-electron chi connectivity index (χ4n) is 2.42. The lowest BCUT2D eigenvalue weighted by Crippen LogP contribution is -2.61. The molecule has 1 saturated heterocycles. The van der Waals surface area contributed by atoms with E-state index in [0.717, 1.165) is 0 Å². The van der Waals surface area contributed by atoms with E-state index < -0.39 is 36.6 Å². The largest absolute Gasteiger partial charge is 0.480 e. The first kappa shape index (κ1) is 14.7. The van der Waals surface area contributed by atoms with Gasteiger partial charge in [0, 0.05) is 0 Å². The monoisotopic (exact) mass is 311 g/mol. The van der Waals surface area contributed by atoms with Crippen LogP contribution < -0.4 is 4.72 Å². The van der Waals surface area contributed by atoms with Gasteiger partial charge in [-0.1, -0.05) is 0 Å². The normalized spacial score (nSPS) is 26.5. The molecule has 0 amide bonds. The van der Waals surface area contributed by atoms with Crippen LogP contribution in [0.25, 0.3) is 0 Å². The Bertz CT molecular complexity index is 561. The number of hydrogen-bond donors (Lipinski definition) is 2. The van der Waals surface area contributed by atoms with Crippen molar-refractivity contribution in [3.63, 3.8) is 0 Å². The lowest BCUT2D eigenvalue weighted by Gasteiger charge is -2.39. The van der Waals surface area contributed by atoms with E-state index in [2.05, 4.69) is 4.72 Å². The number of sulfone groups is 1. The molecule has 2 rings (SSSR count). The molecule has 9 heteroatoms. The molecule has 1 heterocycles. The summed E-state index contributed by atoms with van der Waals surface area (Å²) in [6.07, 6.45) is 1.31. The number of rotatable bonds is 4. The highest BCUT2D eigenvalue weighted by molar-refractivity contribution is 7.92. The highest BCUT2D eigenvalue weighted by atomic mass is 32.2. The second kappa shape index (κ2) is 4.71. The summed E-state index contributed by atoms with van der Waals surface area (Å²) < 4.78 is 49.1. The number of carboxylic acid groups (broad SMARTS) is 1. The Morgan fingerprint density at radius 2 is 1.74 bits per heavy atom. The van der Waals surface area contributed by atoms with E-state index in [1.807, 2.05) is 0 Å². The Labute approximate surface area is 112 Å². The molecule has 0 spiro atoms. The molecule has 0 radical (unpaired) electrons. The molecule has 1 aliphatic heterocycles. The highest BCUT2D eigenvalue weighted by Gasteiger charge is 2.49. The van der Waals surface area contributed by atoms with E-state index in [1.165, 1.54) is 0 Å². The molecule has 0 aromatic carbocycles. The van der Waals surface area contributed by atoms with Gasteiger partial charge in [0.15, 0.2) is 0 Å². The van der Waals surface area contributed by atoms with E-state index >= 15 is 0 Å². The van der Waals surface area contributed by atoms with Crippen molar-refractivity contribution in [3.8, 4) is 0 Å². The summed E-state index contributed by atoms with van der Waals surface area (Å²) in [6.45, 7) is 0. The number of carbonyl (C=O) groups is 1. The second-order valence-electron chi connectivity index (χ2n) is 5.24. The lowest BCUT2D eigenvalue weighted by atomic mass is 9.78. The van der Waals surface area contributed by atoms with E-state index in [9.17, 15) is 21.6 Å². The summed E-state index contributed by atoms with van der Waals surface area (Å²) in [5.41, 5.74) is -1.38. The van der Waals surface area contributed by atoms with Crippen LogP contribution in [0, 0.1) is 0 Å². The molecular weight excluding hydrogens is 294 g/mol. The third kappa shape index (κ3) is 2.92. The molecule has 19 heavy (non-hydrogen) atoms. The van der Waals surface area contributed by atoms with Crippen LogP contribution in [0.5, 0.6) is 0 Å². The summed E-state index contributed by atoms with van der Waals surface area (Å²) in [4.78, 5) is 11.1. The Balaban J connectivity index is 2.09. The van der Waals surface area contributed by atoms with Crippen LogP contribution in [0.1, 0.15) is 32.1 Å². The first-order valence-electron chi connectivity index (χ1n) is 6.14. The molecular formula is C10H17NO6S2. The van der Waals surface area contributed by atoms with Crippen LogP contribution in [0.4, 0.5) is 0 Å². The first-order chi connectivity index (χ1) is 8.67. The number of carboxylic acids is 1. The molecule has 2 N–H and O–H groups in total. The van der Waals surface area contributed by atoms with Gasteiger partial charge in [-0.25, -0.2) is 16.8 Å². The van der Waals surface area contributed by atoms with E-state index in [1.54, 1.807) is 0 Å². The van der Waals surface area contributed by atoms with Crippen LogP contribution in [-0.2, 0) is 24.7 Å². The van der Waals surface area contributed by atoms with E-state index in [0.29, 0.717) is 6.42 Å². The molecule has 0 aromatic heterocycles. The van der Waals surface area contributed by atoms with Crippen molar-refractivity contribution in [2.75, 3.05) is 11.5 Å². The maximum Gasteiger partial charge on any atom is 0.324 e. The van der Waals surface area contributed by atoms with Gasteiger partial charge >= 0.3 is 5.97 Å². The molecule has 2 aliphatic rings. The van der Waals surface area contributed by atoms with Gasteiger partial charge in [0.25, 0.3) is 0 Å². The second-order valence-corrected chi connectivity index (χ2v) is 9.50. The summed E-state index contributed by atoms with van der Waals surface area (Å²) in [5, 5.41) is 8.29. The van der Waals surface area contributed by atoms with Gasteiger partial charge < -0.3 is 5.11 Å². The van der Waals surface area contributed by atoms with Gasteiger partial charge in [-0.05, 0) is 32.1 Å². The van der Waals surface area contributed by atoms with Gasteiger partial charge in [-0.15, -0.1) is 0 Å². The molecule has 110 valence electrons. The minimum Gasteiger partial charge on any atom is -0.480 e. The first-order valence-corrected chi connectivity index (χ1v) is 9.50. The fraction of sp³-hybridized carbons (Fsp3) is 0.900. The average Bonchev–Trinajstić information content (AvgIpc) is 2.22. The average molecular weight is 311 g/mol. The van der Waals surface area contributed by atoms with Crippen molar-refractivity contribution in [2.24, 2.45) is 0 Å². The number of nitrogens with one attached hydrogen (secondary N) is 1. The van der Waals surface area contributed by atoms with Gasteiger partial charge in [-0.3, -0.25) is 4.79 Å². The van der Waals surface area contributed by atoms with Crippen LogP contribution in [0.3, 0.4) is 0 Å². The topological polar surface area (TPSA) is 118 Å². The summed E-state index contributed by atoms with van der Waals surface area (Å²) in [6, 6.07) is 0. The predicted molar refractivity (Wildman–Crippen MR) is 67.9 cm³/mol. The molecule has 1 saturated carbocycles. The van der Waals surface area contributed by atoms with Crippen LogP contribution in [-0.4, -0.2) is 50.2 Å². The summed E-state index contributed by atoms with van der Waals surface area (Å²) in [7, 11) is -6.93. The zero-order valence-electron chi connectivity index (χ0n) is 10.3. The predicted octanol–water partition coefficient (Wildman–Crippen LogP) is -0.510. The Morgan fingerprint density at radius 1 is 1.21 bits per heavy atom. The number of hydrogen-bond acceptors (Lipinski definition) is 5. The minimum atomic E-state index is -3.79. The van der Waals surface area contributed by atoms with Crippen molar-refractivity contribution in [2.45, 2.75) is 42.9 Å². The van der Waals surface area contributed by atoms with Gasteiger partial charge in [0.2, 0.25) is 10.0 Å². The SMILES string of the molecule is O=C(O)C1(NS(=O)(=O)C2CCS(=O)(=O)CC2)CCC1. The number of sulfonamides is 1. The van der Waals surface area contributed by atoms with Crippen molar-refractivity contribution >= 4 is 25.8 Å². The van der Waals surface area contributed by atoms with Crippen LogP contribution >= 0.6 is 0 Å². The quantitative estimate of drug-likeness (QED) is 0.722. The van der Waals surface area contributed by atoms with Crippen LogP contribution in [0.15, 0.2) is 0 Å². The zero-order valence-corrected chi connectivity index (χ0v) is 12.0. The molecule has 7 nitrogen and oxygen atoms in total. The van der Waals surface area contributed by atoms with Gasteiger partial charge in [-0.2, -0.15) is 4.72 Å². The zero-order chi connectivity index (χ0) is 14.3. The summed E-state index contributed by atoms with van der Waals surface area (Å²) in [5.74, 6) is -1.47. The Morgan fingerprint density at radius 3 is 2.11 bits per heavy atom. The highest BCUT2D eigenvalue weighted by Crippen LogP contribution is 2.34. The fourth-order valence-corrected chi connectivity index (χ4v) is 6.07. The van der Waals surface area contributed by atoms with E-state index in [-0.39, 0.29) is 37.2 Å². The summed E-state index contributed by atoms with van der Waals surface area (Å²) >= 11 is 0. The van der Waals surface area contributed by atoms with Crippen LogP contribution in [0.2, 0.25) is 0 Å². The smallest absolute Gasteiger partial charge is 0.324 e. The maximum atomic E-state index is 12.1. The van der Waals surface area contributed by atoms with Gasteiger partial charge in [0.05, 0.1) is 16.8 Å². The molecule has 0 aromatic rings. The minimum absolute atomic E-state index is 0.0351. The third-order valence-corrected chi connectivity index (χ3v) is 7.63.